The first-order valence-corrected chi connectivity index (χ1v) is 9.32. The maximum absolute atomic E-state index is 5.66. The molecule has 0 saturated carbocycles. The van der Waals surface area contributed by atoms with Crippen LogP contribution in [0.15, 0.2) is 73.1 Å². The van der Waals surface area contributed by atoms with Crippen molar-refractivity contribution in [2.24, 2.45) is 0 Å². The van der Waals surface area contributed by atoms with Gasteiger partial charge in [0.1, 0.15) is 11.6 Å². The van der Waals surface area contributed by atoms with E-state index in [1.807, 2.05) is 48.7 Å². The number of rotatable bonds is 7. The van der Waals surface area contributed by atoms with Gasteiger partial charge in [0.05, 0.1) is 12.1 Å². The van der Waals surface area contributed by atoms with Gasteiger partial charge in [0.25, 0.3) is 0 Å². The van der Waals surface area contributed by atoms with Crippen molar-refractivity contribution in [3.8, 4) is 11.6 Å². The summed E-state index contributed by atoms with van der Waals surface area (Å²) in [5.41, 5.74) is 2.01. The van der Waals surface area contributed by atoms with Gasteiger partial charge in [-0.3, -0.25) is 0 Å². The highest BCUT2D eigenvalue weighted by Gasteiger charge is 2.06. The summed E-state index contributed by atoms with van der Waals surface area (Å²) in [5, 5.41) is 4.41. The van der Waals surface area contributed by atoms with Gasteiger partial charge in [-0.2, -0.15) is 4.98 Å². The highest BCUT2D eigenvalue weighted by atomic mass is 35.5. The molecule has 2 aromatic heterocycles. The molecule has 0 spiro atoms. The summed E-state index contributed by atoms with van der Waals surface area (Å²) in [6.07, 6.45) is 4.60. The molecule has 0 amide bonds. The molecule has 4 aromatic rings. The maximum Gasteiger partial charge on any atom is 0.229 e. The molecule has 0 bridgehead atoms. The number of nitrogens with zero attached hydrogens (tertiary/aromatic N) is 3. The molecule has 0 atom stereocenters. The zero-order chi connectivity index (χ0) is 18.5. The highest BCUT2D eigenvalue weighted by Crippen LogP contribution is 2.21. The lowest BCUT2D eigenvalue weighted by Crippen LogP contribution is -2.02. The molecule has 2 aromatic carbocycles. The molecule has 5 nitrogen and oxygen atoms in total. The Morgan fingerprint density at radius 3 is 2.70 bits per heavy atom. The van der Waals surface area contributed by atoms with E-state index in [0.717, 1.165) is 29.2 Å². The Morgan fingerprint density at radius 2 is 1.85 bits per heavy atom. The Labute approximate surface area is 162 Å². The van der Waals surface area contributed by atoms with E-state index in [1.165, 1.54) is 5.39 Å². The molecular formula is C21H19ClN4O. The number of hydrogen-bond acceptors (Lipinski definition) is 4. The third-order valence-corrected chi connectivity index (χ3v) is 4.41. The van der Waals surface area contributed by atoms with Crippen molar-refractivity contribution in [2.45, 2.75) is 6.42 Å². The Balaban J connectivity index is 1.51. The molecular weight excluding hydrogens is 360 g/mol. The van der Waals surface area contributed by atoms with Gasteiger partial charge in [-0.1, -0.05) is 18.2 Å². The molecule has 0 unspecified atom stereocenters. The van der Waals surface area contributed by atoms with Crippen LogP contribution in [0.4, 0.5) is 11.6 Å². The van der Waals surface area contributed by atoms with E-state index in [4.69, 9.17) is 16.3 Å². The topological polar surface area (TPSA) is 52.0 Å². The second kappa shape index (κ2) is 8.10. The van der Waals surface area contributed by atoms with Crippen LogP contribution in [0.2, 0.25) is 0 Å². The van der Waals surface area contributed by atoms with Gasteiger partial charge < -0.3 is 14.6 Å². The maximum atomic E-state index is 5.66. The van der Waals surface area contributed by atoms with E-state index in [9.17, 15) is 0 Å². The lowest BCUT2D eigenvalue weighted by molar-refractivity contribution is 0.318. The SMILES string of the molecule is ClCCCOc1ccc(Nc2nccc(-n3ccc4ccccc43)n2)cc1. The first kappa shape index (κ1) is 17.4. The fraction of sp³-hybridized carbons (Fsp3) is 0.143. The van der Waals surface area contributed by atoms with Crippen LogP contribution in [0.25, 0.3) is 16.7 Å². The molecule has 0 fully saturated rings. The third-order valence-electron chi connectivity index (χ3n) is 4.14. The molecule has 2 heterocycles. The number of ether oxygens (including phenoxy) is 1. The Morgan fingerprint density at radius 1 is 1.00 bits per heavy atom. The average Bonchev–Trinajstić information content (AvgIpc) is 3.14. The molecule has 0 aliphatic carbocycles. The standard InChI is InChI=1S/C21H19ClN4O/c22-12-3-15-27-18-8-6-17(7-9-18)24-21-23-13-10-20(25-21)26-14-11-16-4-1-2-5-19(16)26/h1-2,4-11,13-14H,3,12,15H2,(H,23,24,25). The molecule has 6 heteroatoms. The molecule has 1 N–H and O–H groups in total. The first-order chi connectivity index (χ1) is 13.3. The van der Waals surface area contributed by atoms with Crippen LogP contribution in [0.3, 0.4) is 0 Å². The fourth-order valence-electron chi connectivity index (χ4n) is 2.83. The van der Waals surface area contributed by atoms with Gasteiger partial charge in [0.2, 0.25) is 5.95 Å². The minimum absolute atomic E-state index is 0.543. The normalized spacial score (nSPS) is 10.9. The van der Waals surface area contributed by atoms with Crippen molar-refractivity contribution in [2.75, 3.05) is 17.8 Å². The number of anilines is 2. The van der Waals surface area contributed by atoms with Gasteiger partial charge in [0, 0.05) is 24.0 Å². The molecule has 0 saturated heterocycles. The summed E-state index contributed by atoms with van der Waals surface area (Å²) in [6, 6.07) is 19.9. The van der Waals surface area contributed by atoms with Crippen molar-refractivity contribution in [3.05, 3.63) is 73.1 Å². The van der Waals surface area contributed by atoms with E-state index >= 15 is 0 Å². The fourth-order valence-corrected chi connectivity index (χ4v) is 2.94. The number of hydrogen-bond donors (Lipinski definition) is 1. The summed E-state index contributed by atoms with van der Waals surface area (Å²) >= 11 is 5.66. The van der Waals surface area contributed by atoms with E-state index in [-0.39, 0.29) is 0 Å². The van der Waals surface area contributed by atoms with Crippen LogP contribution < -0.4 is 10.1 Å². The van der Waals surface area contributed by atoms with E-state index in [0.29, 0.717) is 18.4 Å². The number of para-hydroxylation sites is 1. The molecule has 136 valence electrons. The number of fused-ring (bicyclic) bond motifs is 1. The Bertz CT molecular complexity index is 1030. The van der Waals surface area contributed by atoms with Crippen molar-refractivity contribution < 1.29 is 4.74 Å². The number of alkyl halides is 1. The van der Waals surface area contributed by atoms with Crippen LogP contribution in [-0.4, -0.2) is 27.0 Å². The van der Waals surface area contributed by atoms with Gasteiger partial charge in [-0.05, 0) is 54.3 Å². The van der Waals surface area contributed by atoms with Crippen LogP contribution in [-0.2, 0) is 0 Å². The van der Waals surface area contributed by atoms with Crippen LogP contribution in [0.1, 0.15) is 6.42 Å². The van der Waals surface area contributed by atoms with Gasteiger partial charge in [-0.25, -0.2) is 4.98 Å². The van der Waals surface area contributed by atoms with Gasteiger partial charge >= 0.3 is 0 Å². The first-order valence-electron chi connectivity index (χ1n) is 8.79. The molecule has 4 rings (SSSR count). The second-order valence-corrected chi connectivity index (χ2v) is 6.40. The quantitative estimate of drug-likeness (QED) is 0.356. The summed E-state index contributed by atoms with van der Waals surface area (Å²) in [6.45, 7) is 0.617. The smallest absolute Gasteiger partial charge is 0.229 e. The monoisotopic (exact) mass is 378 g/mol. The van der Waals surface area contributed by atoms with E-state index in [2.05, 4.69) is 38.1 Å². The average molecular weight is 379 g/mol. The zero-order valence-electron chi connectivity index (χ0n) is 14.7. The van der Waals surface area contributed by atoms with Crippen LogP contribution >= 0.6 is 11.6 Å². The van der Waals surface area contributed by atoms with E-state index < -0.39 is 0 Å². The predicted octanol–water partition coefficient (Wildman–Crippen LogP) is 5.17. The number of halogens is 1. The molecule has 0 aliphatic rings. The number of aromatic nitrogens is 3. The van der Waals surface area contributed by atoms with Crippen molar-refractivity contribution in [1.29, 1.82) is 0 Å². The minimum Gasteiger partial charge on any atom is -0.494 e. The van der Waals surface area contributed by atoms with E-state index in [1.54, 1.807) is 6.20 Å². The van der Waals surface area contributed by atoms with Crippen LogP contribution in [0.5, 0.6) is 5.75 Å². The number of nitrogens with one attached hydrogen (secondary N) is 1. The molecule has 0 radical (unpaired) electrons. The largest absolute Gasteiger partial charge is 0.494 e. The highest BCUT2D eigenvalue weighted by molar-refractivity contribution is 6.17. The summed E-state index contributed by atoms with van der Waals surface area (Å²) in [4.78, 5) is 8.96. The summed E-state index contributed by atoms with van der Waals surface area (Å²) < 4.78 is 7.67. The minimum atomic E-state index is 0.543. The summed E-state index contributed by atoms with van der Waals surface area (Å²) in [7, 11) is 0. The summed E-state index contributed by atoms with van der Waals surface area (Å²) in [5.74, 6) is 2.78. The zero-order valence-corrected chi connectivity index (χ0v) is 15.4. The molecule has 0 aliphatic heterocycles. The second-order valence-electron chi connectivity index (χ2n) is 6.02. The van der Waals surface area contributed by atoms with Crippen molar-refractivity contribution in [1.82, 2.24) is 14.5 Å². The third kappa shape index (κ3) is 4.04. The predicted molar refractivity (Wildman–Crippen MR) is 109 cm³/mol. The Hall–Kier alpha value is -3.05. The van der Waals surface area contributed by atoms with Gasteiger partial charge in [-0.15, -0.1) is 11.6 Å². The van der Waals surface area contributed by atoms with Crippen molar-refractivity contribution >= 4 is 34.1 Å². The number of benzene rings is 2. The lowest BCUT2D eigenvalue weighted by atomic mass is 10.2. The van der Waals surface area contributed by atoms with Crippen LogP contribution in [0, 0.1) is 0 Å². The Kier molecular flexibility index (Phi) is 5.21. The van der Waals surface area contributed by atoms with Crippen molar-refractivity contribution in [3.63, 3.8) is 0 Å². The lowest BCUT2D eigenvalue weighted by Gasteiger charge is -2.09. The van der Waals surface area contributed by atoms with Gasteiger partial charge in [0.15, 0.2) is 0 Å². The molecule has 27 heavy (non-hydrogen) atoms.